The van der Waals surface area contributed by atoms with Crippen LogP contribution in [-0.4, -0.2) is 53.0 Å². The Kier molecular flexibility index (Phi) is 13.9. The van der Waals surface area contributed by atoms with Gasteiger partial charge in [-0.05, 0) is 103 Å². The maximum atomic E-state index is 13.7. The molecule has 2 N–H and O–H groups in total. The van der Waals surface area contributed by atoms with Crippen LogP contribution in [0.2, 0.25) is 0 Å². The molecule has 2 heterocycles. The number of hydrogen-bond acceptors (Lipinski definition) is 6. The van der Waals surface area contributed by atoms with Crippen LogP contribution < -0.4 is 15.0 Å². The van der Waals surface area contributed by atoms with Gasteiger partial charge in [-0.2, -0.15) is 0 Å². The van der Waals surface area contributed by atoms with Crippen LogP contribution in [0.4, 0.5) is 11.4 Å². The molecule has 3 aromatic carbocycles. The van der Waals surface area contributed by atoms with Crippen molar-refractivity contribution in [2.45, 2.75) is 76.9 Å². The zero-order chi connectivity index (χ0) is 35.3. The van der Waals surface area contributed by atoms with Crippen molar-refractivity contribution >= 4 is 34.2 Å². The minimum Gasteiger partial charge on any atom is -0.491 e. The molecule has 1 aromatic heterocycles. The Balaban J connectivity index is 1.29. The zero-order valence-electron chi connectivity index (χ0n) is 30.0. The van der Waals surface area contributed by atoms with Gasteiger partial charge in [-0.15, -0.1) is 0 Å². The number of nitrogens with one attached hydrogen (secondary N) is 2. The van der Waals surface area contributed by atoms with Crippen molar-refractivity contribution in [3.63, 3.8) is 0 Å². The van der Waals surface area contributed by atoms with Gasteiger partial charge in [0.25, 0.3) is 5.91 Å². The topological polar surface area (TPSA) is 96.5 Å². The van der Waals surface area contributed by atoms with Crippen LogP contribution >= 0.6 is 0 Å². The SMILES string of the molecule is CCCCOCCOc1ccc(-c2ccc3c(c2)/C=C(/C(=O)Nc2ccc(S(=O)Cc4cnc(CCC)[nH]4)cc2)CCCN3CC(C)C)cc1. The number of rotatable bonds is 17. The van der Waals surface area contributed by atoms with Gasteiger partial charge in [-0.25, -0.2) is 4.98 Å². The summed E-state index contributed by atoms with van der Waals surface area (Å²) in [5.41, 5.74) is 6.62. The molecule has 9 heteroatoms. The molecular formula is C41H52N4O4S. The maximum absolute atomic E-state index is 13.7. The minimum atomic E-state index is -1.22. The second kappa shape index (κ2) is 18.7. The molecule has 0 spiro atoms. The average molecular weight is 697 g/mol. The van der Waals surface area contributed by atoms with Crippen molar-refractivity contribution in [3.05, 3.63) is 95.6 Å². The number of imidazole rings is 1. The van der Waals surface area contributed by atoms with Gasteiger partial charge in [-0.3, -0.25) is 9.00 Å². The first-order valence-electron chi connectivity index (χ1n) is 18.1. The number of aryl methyl sites for hydroxylation is 1. The lowest BCUT2D eigenvalue weighted by atomic mass is 9.96. The van der Waals surface area contributed by atoms with Gasteiger partial charge in [0, 0.05) is 59.9 Å². The Bertz CT molecular complexity index is 1730. The van der Waals surface area contributed by atoms with E-state index in [-0.39, 0.29) is 5.91 Å². The van der Waals surface area contributed by atoms with Crippen LogP contribution in [0.3, 0.4) is 0 Å². The Labute approximate surface area is 300 Å². The van der Waals surface area contributed by atoms with Gasteiger partial charge in [0.1, 0.15) is 18.2 Å². The van der Waals surface area contributed by atoms with Crippen LogP contribution in [0.25, 0.3) is 17.2 Å². The molecule has 266 valence electrons. The number of unbranched alkanes of at least 4 members (excludes halogenated alkanes) is 1. The van der Waals surface area contributed by atoms with Gasteiger partial charge >= 0.3 is 0 Å². The van der Waals surface area contributed by atoms with Gasteiger partial charge in [0.05, 0.1) is 23.2 Å². The molecular weight excluding hydrogens is 645 g/mol. The molecule has 8 nitrogen and oxygen atoms in total. The normalized spacial score (nSPS) is 14.7. The largest absolute Gasteiger partial charge is 0.491 e. The molecule has 0 fully saturated rings. The van der Waals surface area contributed by atoms with Crippen molar-refractivity contribution in [1.82, 2.24) is 9.97 Å². The lowest BCUT2D eigenvalue weighted by Gasteiger charge is -2.30. The molecule has 0 radical (unpaired) electrons. The Hall–Kier alpha value is -4.21. The predicted molar refractivity (Wildman–Crippen MR) is 205 cm³/mol. The number of hydrogen-bond donors (Lipinski definition) is 2. The van der Waals surface area contributed by atoms with Crippen LogP contribution in [0.1, 0.15) is 76.9 Å². The van der Waals surface area contributed by atoms with Crippen molar-refractivity contribution < 1.29 is 18.5 Å². The van der Waals surface area contributed by atoms with E-state index in [2.05, 4.69) is 84.3 Å². The third kappa shape index (κ3) is 10.6. The summed E-state index contributed by atoms with van der Waals surface area (Å²) in [6, 6.07) is 22.0. The van der Waals surface area contributed by atoms with Gasteiger partial charge < -0.3 is 24.7 Å². The highest BCUT2D eigenvalue weighted by molar-refractivity contribution is 7.84. The lowest BCUT2D eigenvalue weighted by molar-refractivity contribution is -0.112. The molecule has 1 amide bonds. The highest BCUT2D eigenvalue weighted by Gasteiger charge is 2.20. The summed E-state index contributed by atoms with van der Waals surface area (Å²) in [6.07, 6.45) is 9.44. The summed E-state index contributed by atoms with van der Waals surface area (Å²) >= 11 is 0. The Morgan fingerprint density at radius 1 is 0.980 bits per heavy atom. The number of fused-ring (bicyclic) bond motifs is 1. The molecule has 0 saturated heterocycles. The molecule has 5 rings (SSSR count). The lowest BCUT2D eigenvalue weighted by Crippen LogP contribution is -2.30. The predicted octanol–water partition coefficient (Wildman–Crippen LogP) is 8.81. The summed E-state index contributed by atoms with van der Waals surface area (Å²) in [6.45, 7) is 12.4. The fourth-order valence-corrected chi connectivity index (χ4v) is 7.10. The summed E-state index contributed by atoms with van der Waals surface area (Å²) in [5.74, 6) is 2.50. The first kappa shape index (κ1) is 37.1. The van der Waals surface area contributed by atoms with Crippen molar-refractivity contribution in [3.8, 4) is 16.9 Å². The van der Waals surface area contributed by atoms with E-state index < -0.39 is 10.8 Å². The number of carbonyl (C=O) groups excluding carboxylic acids is 1. The van der Waals surface area contributed by atoms with E-state index in [4.69, 9.17) is 9.47 Å². The summed E-state index contributed by atoms with van der Waals surface area (Å²) in [7, 11) is -1.22. The number of aromatic nitrogens is 2. The standard InChI is InChI=1S/C41H52N4O4S/c1-5-7-22-48-23-24-49-37-16-11-31(12-17-37)32-13-20-39-34(25-32)26-33(10-8-21-45(39)28-30(3)4)41(46)44-35-14-18-38(19-15-35)50(47)29-36-27-42-40(43-36)9-6-2/h11-20,25-27,30H,5-10,21-24,28-29H2,1-4H3,(H,42,43)(H,44,46)/b33-26+. The van der Waals surface area contributed by atoms with E-state index in [0.717, 1.165) is 97.0 Å². The molecule has 1 aliphatic heterocycles. The summed E-state index contributed by atoms with van der Waals surface area (Å²) in [5, 5.41) is 3.09. The van der Waals surface area contributed by atoms with E-state index in [9.17, 15) is 9.00 Å². The first-order chi connectivity index (χ1) is 24.3. The Morgan fingerprint density at radius 3 is 2.50 bits per heavy atom. The van der Waals surface area contributed by atoms with Crippen LogP contribution in [0.15, 0.2) is 83.4 Å². The second-order valence-corrected chi connectivity index (χ2v) is 14.7. The number of H-pyrrole nitrogens is 1. The number of benzene rings is 3. The number of ether oxygens (including phenoxy) is 2. The van der Waals surface area contributed by atoms with Crippen LogP contribution in [-0.2, 0) is 32.5 Å². The van der Waals surface area contributed by atoms with E-state index in [1.54, 1.807) is 6.20 Å². The van der Waals surface area contributed by atoms with Crippen molar-refractivity contribution in [2.75, 3.05) is 43.1 Å². The summed E-state index contributed by atoms with van der Waals surface area (Å²) in [4.78, 5) is 24.5. The molecule has 1 unspecified atom stereocenters. The van der Waals surface area contributed by atoms with Crippen LogP contribution in [0.5, 0.6) is 5.75 Å². The average Bonchev–Trinajstić information content (AvgIpc) is 3.55. The van der Waals surface area contributed by atoms with E-state index in [1.165, 1.54) is 0 Å². The number of anilines is 2. The quantitative estimate of drug-likeness (QED) is 0.107. The first-order valence-corrected chi connectivity index (χ1v) is 19.4. The zero-order valence-corrected chi connectivity index (χ0v) is 30.8. The number of amides is 1. The maximum Gasteiger partial charge on any atom is 0.251 e. The highest BCUT2D eigenvalue weighted by atomic mass is 32.2. The minimum absolute atomic E-state index is 0.117. The second-order valence-electron chi connectivity index (χ2n) is 13.3. The van der Waals surface area contributed by atoms with Crippen LogP contribution in [0, 0.1) is 5.92 Å². The smallest absolute Gasteiger partial charge is 0.251 e. The monoisotopic (exact) mass is 696 g/mol. The third-order valence-electron chi connectivity index (χ3n) is 8.61. The molecule has 50 heavy (non-hydrogen) atoms. The fraction of sp³-hybridized carbons (Fsp3) is 0.415. The van der Waals surface area contributed by atoms with Gasteiger partial charge in [0.15, 0.2) is 0 Å². The Morgan fingerprint density at radius 2 is 1.76 bits per heavy atom. The van der Waals surface area contributed by atoms with E-state index in [1.807, 2.05) is 36.4 Å². The molecule has 4 aromatic rings. The van der Waals surface area contributed by atoms with Gasteiger partial charge in [-0.1, -0.05) is 52.3 Å². The number of nitrogens with zero attached hydrogens (tertiary/aromatic N) is 2. The molecule has 0 aliphatic carbocycles. The van der Waals surface area contributed by atoms with Crippen molar-refractivity contribution in [1.29, 1.82) is 0 Å². The molecule has 0 bridgehead atoms. The van der Waals surface area contributed by atoms with E-state index in [0.29, 0.717) is 41.9 Å². The van der Waals surface area contributed by atoms with Crippen molar-refractivity contribution in [2.24, 2.45) is 5.92 Å². The molecule has 0 saturated carbocycles. The van der Waals surface area contributed by atoms with E-state index >= 15 is 0 Å². The molecule has 1 aliphatic rings. The third-order valence-corrected chi connectivity index (χ3v) is 9.98. The highest BCUT2D eigenvalue weighted by Crippen LogP contribution is 2.33. The van der Waals surface area contributed by atoms with Gasteiger partial charge in [0.2, 0.25) is 0 Å². The number of aromatic amines is 1. The fourth-order valence-electron chi connectivity index (χ4n) is 6.07. The summed E-state index contributed by atoms with van der Waals surface area (Å²) < 4.78 is 24.5. The molecule has 1 atom stereocenters. The number of carbonyl (C=O) groups is 1.